The maximum Gasteiger partial charge on any atom is 0.354 e. The highest BCUT2D eigenvalue weighted by Gasteiger charge is 2.12. The summed E-state index contributed by atoms with van der Waals surface area (Å²) in [7, 11) is 0. The Hall–Kier alpha value is -1.78. The summed E-state index contributed by atoms with van der Waals surface area (Å²) < 4.78 is 1.64. The van der Waals surface area contributed by atoms with E-state index in [0.29, 0.717) is 10.8 Å². The van der Waals surface area contributed by atoms with E-state index in [2.05, 4.69) is 5.10 Å². The van der Waals surface area contributed by atoms with E-state index in [4.69, 9.17) is 16.4 Å². The van der Waals surface area contributed by atoms with Gasteiger partial charge in [0, 0.05) is 6.04 Å². The number of hydroxylamine groups is 2. The SMILES string of the molecule is CC(C)n1cc(ON(C=C=O)C(=O)Cl)cn1. The first-order chi connectivity index (χ1) is 7.54. The summed E-state index contributed by atoms with van der Waals surface area (Å²) in [5.41, 5.74) is 0. The van der Waals surface area contributed by atoms with Crippen LogP contribution in [0.3, 0.4) is 0 Å². The minimum Gasteiger partial charge on any atom is -0.367 e. The second-order valence-electron chi connectivity index (χ2n) is 3.17. The lowest BCUT2D eigenvalue weighted by Crippen LogP contribution is -2.23. The maximum absolute atomic E-state index is 10.8. The van der Waals surface area contributed by atoms with Gasteiger partial charge in [0.2, 0.25) is 0 Å². The number of carbonyl (C=O) groups excluding carboxylic acids is 2. The quantitative estimate of drug-likeness (QED) is 0.350. The fourth-order valence-electron chi connectivity index (χ4n) is 0.925. The second kappa shape index (κ2) is 5.34. The van der Waals surface area contributed by atoms with Crippen molar-refractivity contribution in [3.63, 3.8) is 0 Å². The molecule has 0 N–H and O–H groups in total. The topological polar surface area (TPSA) is 64.4 Å². The van der Waals surface area contributed by atoms with Crippen LogP contribution >= 0.6 is 11.6 Å². The van der Waals surface area contributed by atoms with E-state index in [1.165, 1.54) is 12.1 Å². The largest absolute Gasteiger partial charge is 0.367 e. The standard InChI is InChI=1S/C9H10ClN3O3/c1-7(2)12-6-8(5-11-12)16-13(3-4-14)9(10)15/h3,5-7H,1-2H3. The number of hydrogen-bond acceptors (Lipinski definition) is 4. The molecule has 0 saturated carbocycles. The molecule has 1 aromatic rings. The van der Waals surface area contributed by atoms with Crippen LogP contribution in [0, 0.1) is 0 Å². The van der Waals surface area contributed by atoms with Crippen molar-refractivity contribution in [2.24, 2.45) is 0 Å². The number of nitrogens with zero attached hydrogens (tertiary/aromatic N) is 3. The molecule has 0 aliphatic carbocycles. The smallest absolute Gasteiger partial charge is 0.354 e. The van der Waals surface area contributed by atoms with Crippen LogP contribution in [0.2, 0.25) is 0 Å². The lowest BCUT2D eigenvalue weighted by atomic mass is 10.4. The van der Waals surface area contributed by atoms with Crippen molar-refractivity contribution in [3.8, 4) is 5.75 Å². The van der Waals surface area contributed by atoms with Gasteiger partial charge in [-0.25, -0.2) is 4.79 Å². The van der Waals surface area contributed by atoms with Gasteiger partial charge in [-0.1, -0.05) is 0 Å². The Bertz CT molecular complexity index is 421. The molecule has 1 aromatic heterocycles. The van der Waals surface area contributed by atoms with E-state index in [1.54, 1.807) is 10.9 Å². The molecule has 86 valence electrons. The van der Waals surface area contributed by atoms with E-state index in [1.807, 2.05) is 13.8 Å². The average molecular weight is 244 g/mol. The molecule has 7 heteroatoms. The van der Waals surface area contributed by atoms with Gasteiger partial charge in [0.15, 0.2) is 5.75 Å². The zero-order chi connectivity index (χ0) is 12.1. The third-order valence-corrected chi connectivity index (χ3v) is 1.82. The lowest BCUT2D eigenvalue weighted by molar-refractivity contribution is 0.0474. The van der Waals surface area contributed by atoms with Crippen LogP contribution in [0.1, 0.15) is 19.9 Å². The molecule has 0 aromatic carbocycles. The fourth-order valence-corrected chi connectivity index (χ4v) is 1.01. The van der Waals surface area contributed by atoms with Gasteiger partial charge in [-0.3, -0.25) is 9.48 Å². The van der Waals surface area contributed by atoms with Crippen LogP contribution in [0.15, 0.2) is 18.6 Å². The van der Waals surface area contributed by atoms with E-state index in [9.17, 15) is 9.59 Å². The second-order valence-corrected chi connectivity index (χ2v) is 3.49. The predicted octanol–water partition coefficient (Wildman–Crippen LogP) is 1.76. The van der Waals surface area contributed by atoms with E-state index in [-0.39, 0.29) is 6.04 Å². The van der Waals surface area contributed by atoms with Gasteiger partial charge in [0.25, 0.3) is 0 Å². The number of rotatable bonds is 4. The zero-order valence-electron chi connectivity index (χ0n) is 8.75. The van der Waals surface area contributed by atoms with Crippen LogP contribution in [0.4, 0.5) is 4.79 Å². The number of carbonyl (C=O) groups is 1. The van der Waals surface area contributed by atoms with E-state index < -0.39 is 5.37 Å². The molecule has 0 saturated heterocycles. The summed E-state index contributed by atoms with van der Waals surface area (Å²) in [5, 5.41) is 3.61. The van der Waals surface area contributed by atoms with Crippen molar-refractivity contribution < 1.29 is 14.4 Å². The molecule has 1 amide bonds. The average Bonchev–Trinajstić information content (AvgIpc) is 2.65. The van der Waals surface area contributed by atoms with E-state index in [0.717, 1.165) is 6.20 Å². The van der Waals surface area contributed by atoms with Crippen molar-refractivity contribution >= 4 is 22.9 Å². The van der Waals surface area contributed by atoms with Crippen molar-refractivity contribution in [1.82, 2.24) is 14.8 Å². The van der Waals surface area contributed by atoms with Gasteiger partial charge in [-0.2, -0.15) is 5.10 Å². The summed E-state index contributed by atoms with van der Waals surface area (Å²) in [4.78, 5) is 25.9. The van der Waals surface area contributed by atoms with Gasteiger partial charge >= 0.3 is 5.37 Å². The molecule has 0 aliphatic heterocycles. The van der Waals surface area contributed by atoms with Crippen LogP contribution < -0.4 is 4.84 Å². The minimum atomic E-state index is -0.944. The molecule has 0 aliphatic rings. The van der Waals surface area contributed by atoms with Crippen LogP contribution in [-0.4, -0.2) is 26.2 Å². The molecule has 6 nitrogen and oxygen atoms in total. The monoisotopic (exact) mass is 243 g/mol. The Kier molecular flexibility index (Phi) is 4.10. The van der Waals surface area contributed by atoms with Gasteiger partial charge in [-0.15, -0.1) is 5.06 Å². The Morgan fingerprint density at radius 3 is 2.88 bits per heavy atom. The first kappa shape index (κ1) is 12.3. The zero-order valence-corrected chi connectivity index (χ0v) is 9.51. The highest BCUT2D eigenvalue weighted by molar-refractivity contribution is 6.62. The first-order valence-corrected chi connectivity index (χ1v) is 4.84. The normalized spacial score (nSPS) is 9.75. The molecule has 0 bridgehead atoms. The third-order valence-electron chi connectivity index (χ3n) is 1.65. The fraction of sp³-hybridized carbons (Fsp3) is 0.333. The molecular formula is C9H10ClN3O3. The van der Waals surface area contributed by atoms with Crippen molar-refractivity contribution in [3.05, 3.63) is 18.6 Å². The minimum absolute atomic E-state index is 0.166. The van der Waals surface area contributed by atoms with Crippen LogP contribution in [0.5, 0.6) is 5.75 Å². The summed E-state index contributed by atoms with van der Waals surface area (Å²) in [6, 6.07) is 0.166. The molecular weight excluding hydrogens is 234 g/mol. The predicted molar refractivity (Wildman–Crippen MR) is 56.6 cm³/mol. The Morgan fingerprint density at radius 2 is 2.44 bits per heavy atom. The Labute approximate surface area is 97.0 Å². The lowest BCUT2D eigenvalue weighted by Gasteiger charge is -2.11. The molecule has 0 radical (unpaired) electrons. The molecule has 0 atom stereocenters. The highest BCUT2D eigenvalue weighted by Crippen LogP contribution is 2.14. The van der Waals surface area contributed by atoms with Gasteiger partial charge < -0.3 is 4.84 Å². The first-order valence-electron chi connectivity index (χ1n) is 4.46. The maximum atomic E-state index is 10.8. The third kappa shape index (κ3) is 3.12. The van der Waals surface area contributed by atoms with Gasteiger partial charge in [0.05, 0.1) is 12.4 Å². The number of halogens is 1. The summed E-state index contributed by atoms with van der Waals surface area (Å²) >= 11 is 5.17. The van der Waals surface area contributed by atoms with Crippen LogP contribution in [-0.2, 0) is 4.79 Å². The number of hydrogen-bond donors (Lipinski definition) is 0. The molecule has 1 rings (SSSR count). The van der Waals surface area contributed by atoms with Gasteiger partial charge in [-0.05, 0) is 25.4 Å². The van der Waals surface area contributed by atoms with Crippen molar-refractivity contribution in [1.29, 1.82) is 0 Å². The van der Waals surface area contributed by atoms with E-state index >= 15 is 0 Å². The van der Waals surface area contributed by atoms with Gasteiger partial charge in [0.1, 0.15) is 12.1 Å². The molecule has 0 unspecified atom stereocenters. The van der Waals surface area contributed by atoms with Crippen molar-refractivity contribution in [2.45, 2.75) is 19.9 Å². The Balaban J connectivity index is 2.77. The molecule has 16 heavy (non-hydrogen) atoms. The Morgan fingerprint density at radius 1 is 1.75 bits per heavy atom. The summed E-state index contributed by atoms with van der Waals surface area (Å²) in [6.45, 7) is 3.87. The molecule has 1 heterocycles. The highest BCUT2D eigenvalue weighted by atomic mass is 35.5. The van der Waals surface area contributed by atoms with Crippen molar-refractivity contribution in [2.75, 3.05) is 0 Å². The van der Waals surface area contributed by atoms with Crippen LogP contribution in [0.25, 0.3) is 0 Å². The molecule has 0 fully saturated rings. The summed E-state index contributed by atoms with van der Waals surface area (Å²) in [6.07, 6.45) is 3.74. The number of amides is 1. The number of aromatic nitrogens is 2. The summed E-state index contributed by atoms with van der Waals surface area (Å²) in [5.74, 6) is 1.69. The molecule has 0 spiro atoms.